The predicted molar refractivity (Wildman–Crippen MR) is 105 cm³/mol. The molecule has 1 heterocycles. The Morgan fingerprint density at radius 2 is 1.93 bits per heavy atom. The number of alkyl halides is 3. The number of nitrogens with zero attached hydrogens (tertiary/aromatic N) is 2. The van der Waals surface area contributed by atoms with Crippen molar-refractivity contribution in [2.45, 2.75) is 25.3 Å². The molecule has 1 fully saturated rings. The van der Waals surface area contributed by atoms with Crippen LogP contribution < -0.4 is 10.6 Å². The summed E-state index contributed by atoms with van der Waals surface area (Å²) in [5.41, 5.74) is 7.54. The van der Waals surface area contributed by atoms with Crippen LogP contribution in [0.2, 0.25) is 0 Å². The number of ether oxygens (including phenoxy) is 1. The van der Waals surface area contributed by atoms with Gasteiger partial charge in [0.25, 0.3) is 0 Å². The molecule has 156 valence electrons. The quantitative estimate of drug-likeness (QED) is 0.545. The average Bonchev–Trinajstić information content (AvgIpc) is 2.66. The Balaban J connectivity index is 1.96. The number of halogens is 3. The average molecular weight is 409 g/mol. The van der Waals surface area contributed by atoms with Crippen LogP contribution in [0.3, 0.4) is 0 Å². The van der Waals surface area contributed by atoms with Gasteiger partial charge in [-0.2, -0.15) is 13.2 Å². The van der Waals surface area contributed by atoms with E-state index in [9.17, 15) is 23.2 Å². The van der Waals surface area contributed by atoms with E-state index in [-0.39, 0.29) is 23.0 Å². The number of aliphatic hydroxyl groups is 1. The molecule has 0 amide bonds. The number of aliphatic hydroxyl groups excluding tert-OH is 1. The zero-order valence-corrected chi connectivity index (χ0v) is 16.0. The highest BCUT2D eigenvalue weighted by Gasteiger charge is 2.39. The second-order valence-electron chi connectivity index (χ2n) is 7.19. The van der Waals surface area contributed by atoms with Gasteiger partial charge < -0.3 is 20.5 Å². The second-order valence-corrected chi connectivity index (χ2v) is 7.19. The molecule has 2 aromatic rings. The molecule has 0 bridgehead atoms. The van der Waals surface area contributed by atoms with Crippen molar-refractivity contribution in [3.05, 3.63) is 46.9 Å². The number of rotatable bonds is 6. The van der Waals surface area contributed by atoms with Crippen LogP contribution in [0.25, 0.3) is 11.1 Å². The first-order valence-corrected chi connectivity index (χ1v) is 9.05. The SMILES string of the molecule is COC(C)C1CN(c2cc(-c3cccc(C(O)C(F)(F)F)c3)cc(N=O)c2N)C1. The van der Waals surface area contributed by atoms with E-state index >= 15 is 0 Å². The summed E-state index contributed by atoms with van der Waals surface area (Å²) in [5.74, 6) is 0.306. The Hall–Kier alpha value is -2.65. The summed E-state index contributed by atoms with van der Waals surface area (Å²) in [5, 5.41) is 12.5. The molecule has 1 saturated heterocycles. The van der Waals surface area contributed by atoms with E-state index in [0.29, 0.717) is 35.8 Å². The molecule has 1 aliphatic rings. The first-order chi connectivity index (χ1) is 13.7. The Morgan fingerprint density at radius 3 is 2.52 bits per heavy atom. The third kappa shape index (κ3) is 4.20. The number of nitrogens with two attached hydrogens (primary N) is 1. The highest BCUT2D eigenvalue weighted by Crippen LogP contribution is 2.42. The number of hydrogen-bond acceptors (Lipinski definition) is 6. The van der Waals surface area contributed by atoms with Crippen LogP contribution in [0.1, 0.15) is 18.6 Å². The number of anilines is 2. The predicted octanol–water partition coefficient (Wildman–Crippen LogP) is 4.40. The molecule has 3 rings (SSSR count). The Labute approximate surface area is 166 Å². The van der Waals surface area contributed by atoms with E-state index in [1.807, 2.05) is 11.8 Å². The van der Waals surface area contributed by atoms with E-state index in [1.165, 1.54) is 24.3 Å². The van der Waals surface area contributed by atoms with Crippen LogP contribution in [-0.2, 0) is 4.74 Å². The van der Waals surface area contributed by atoms with Crippen LogP contribution in [-0.4, -0.2) is 37.6 Å². The van der Waals surface area contributed by atoms with Crippen molar-refractivity contribution >= 4 is 17.1 Å². The van der Waals surface area contributed by atoms with Crippen LogP contribution >= 0.6 is 0 Å². The molecule has 1 aliphatic heterocycles. The summed E-state index contributed by atoms with van der Waals surface area (Å²) in [6.07, 6.45) is -7.30. The van der Waals surface area contributed by atoms with E-state index in [4.69, 9.17) is 10.5 Å². The van der Waals surface area contributed by atoms with Crippen LogP contribution in [0.4, 0.5) is 30.2 Å². The van der Waals surface area contributed by atoms with Gasteiger partial charge in [0.05, 0.1) is 17.5 Å². The summed E-state index contributed by atoms with van der Waals surface area (Å²) in [7, 11) is 1.64. The largest absolute Gasteiger partial charge is 0.418 e. The molecule has 0 aromatic heterocycles. The van der Waals surface area contributed by atoms with Crippen molar-refractivity contribution < 1.29 is 23.0 Å². The first-order valence-electron chi connectivity index (χ1n) is 9.05. The molecule has 2 unspecified atom stereocenters. The highest BCUT2D eigenvalue weighted by molar-refractivity contribution is 5.86. The van der Waals surface area contributed by atoms with Gasteiger partial charge in [0, 0.05) is 26.1 Å². The molecule has 9 heteroatoms. The van der Waals surface area contributed by atoms with Crippen molar-refractivity contribution in [3.8, 4) is 11.1 Å². The lowest BCUT2D eigenvalue weighted by molar-refractivity contribution is -0.206. The van der Waals surface area contributed by atoms with Gasteiger partial charge in [-0.15, -0.1) is 4.91 Å². The number of benzene rings is 2. The van der Waals surface area contributed by atoms with Crippen molar-refractivity contribution in [1.82, 2.24) is 0 Å². The Morgan fingerprint density at radius 1 is 1.24 bits per heavy atom. The zero-order valence-electron chi connectivity index (χ0n) is 16.0. The maximum Gasteiger partial charge on any atom is 0.418 e. The van der Waals surface area contributed by atoms with Gasteiger partial charge in [0.15, 0.2) is 6.10 Å². The van der Waals surface area contributed by atoms with E-state index in [0.717, 1.165) is 0 Å². The molecule has 6 nitrogen and oxygen atoms in total. The fraction of sp³-hybridized carbons (Fsp3) is 0.400. The van der Waals surface area contributed by atoms with Gasteiger partial charge in [-0.3, -0.25) is 0 Å². The van der Waals surface area contributed by atoms with E-state index < -0.39 is 12.3 Å². The van der Waals surface area contributed by atoms with Gasteiger partial charge >= 0.3 is 6.18 Å². The smallest absolute Gasteiger partial charge is 0.395 e. The normalized spacial score (nSPS) is 17.0. The molecule has 0 aliphatic carbocycles. The molecule has 0 saturated carbocycles. The van der Waals surface area contributed by atoms with E-state index in [1.54, 1.807) is 19.2 Å². The molecule has 3 N–H and O–H groups in total. The Kier molecular flexibility index (Phi) is 5.81. The monoisotopic (exact) mass is 409 g/mol. The minimum absolute atomic E-state index is 0.0162. The van der Waals surface area contributed by atoms with Crippen molar-refractivity contribution in [3.63, 3.8) is 0 Å². The third-order valence-electron chi connectivity index (χ3n) is 5.37. The number of hydrogen-bond donors (Lipinski definition) is 2. The number of nitroso groups, excluding NO2 is 1. The highest BCUT2D eigenvalue weighted by atomic mass is 19.4. The summed E-state index contributed by atoms with van der Waals surface area (Å²) < 4.78 is 43.9. The molecule has 2 atom stereocenters. The van der Waals surface area contributed by atoms with Crippen LogP contribution in [0, 0.1) is 10.8 Å². The minimum Gasteiger partial charge on any atom is -0.395 e. The van der Waals surface area contributed by atoms with Gasteiger partial charge in [-0.1, -0.05) is 18.2 Å². The van der Waals surface area contributed by atoms with Crippen LogP contribution in [0.15, 0.2) is 41.6 Å². The van der Waals surface area contributed by atoms with Gasteiger partial charge in [-0.05, 0) is 47.0 Å². The van der Waals surface area contributed by atoms with Crippen molar-refractivity contribution in [2.75, 3.05) is 30.8 Å². The van der Waals surface area contributed by atoms with Gasteiger partial charge in [0.1, 0.15) is 5.69 Å². The lowest BCUT2D eigenvalue weighted by Crippen LogP contribution is -2.52. The first kappa shape index (κ1) is 21.1. The number of nitrogen functional groups attached to an aromatic ring is 1. The molecule has 29 heavy (non-hydrogen) atoms. The molecule has 2 aromatic carbocycles. The molecular formula is C20H22F3N3O3. The maximum atomic E-state index is 12.9. The van der Waals surface area contributed by atoms with Crippen LogP contribution in [0.5, 0.6) is 0 Å². The van der Waals surface area contributed by atoms with Crippen molar-refractivity contribution in [1.29, 1.82) is 0 Å². The minimum atomic E-state index is -4.77. The second kappa shape index (κ2) is 8.00. The third-order valence-corrected chi connectivity index (χ3v) is 5.37. The standard InChI is InChI=1S/C20H22F3N3O3/c1-11(29-2)15-9-26(10-15)17-8-14(7-16(25-28)18(17)24)12-4-3-5-13(6-12)19(27)20(21,22)23/h3-8,11,15,19,27H,9-10,24H2,1-2H3. The van der Waals surface area contributed by atoms with Crippen molar-refractivity contribution in [2.24, 2.45) is 11.1 Å². The summed E-state index contributed by atoms with van der Waals surface area (Å²) >= 11 is 0. The lowest BCUT2D eigenvalue weighted by Gasteiger charge is -2.44. The van der Waals surface area contributed by atoms with E-state index in [2.05, 4.69) is 5.18 Å². The zero-order chi connectivity index (χ0) is 21.3. The van der Waals surface area contributed by atoms with Gasteiger partial charge in [-0.25, -0.2) is 0 Å². The summed E-state index contributed by atoms with van der Waals surface area (Å²) in [6.45, 7) is 3.32. The molecule has 0 radical (unpaired) electrons. The maximum absolute atomic E-state index is 12.9. The molecular weight excluding hydrogens is 387 g/mol. The lowest BCUT2D eigenvalue weighted by atomic mass is 9.92. The van der Waals surface area contributed by atoms with Gasteiger partial charge in [0.2, 0.25) is 0 Å². The topological polar surface area (TPSA) is 88.2 Å². The fourth-order valence-corrected chi connectivity index (χ4v) is 3.40. The number of methoxy groups -OCH3 is 1. The summed E-state index contributed by atoms with van der Waals surface area (Å²) in [4.78, 5) is 13.2. The fourth-order valence-electron chi connectivity index (χ4n) is 3.40. The molecule has 0 spiro atoms. The Bertz CT molecular complexity index is 898. The summed E-state index contributed by atoms with van der Waals surface area (Å²) in [6, 6.07) is 8.61.